The molecule has 21 heavy (non-hydrogen) atoms. The normalized spacial score (nSPS) is 12.4. The smallest absolute Gasteiger partial charge is 0.122 e. The Balaban J connectivity index is 2.24. The molecule has 0 aliphatic carbocycles. The summed E-state index contributed by atoms with van der Waals surface area (Å²) in [7, 11) is 1.74. The van der Waals surface area contributed by atoms with Gasteiger partial charge in [0.25, 0.3) is 0 Å². The molecule has 0 saturated carbocycles. The molecule has 0 spiro atoms. The van der Waals surface area contributed by atoms with E-state index >= 15 is 0 Å². The molecule has 1 unspecified atom stereocenters. The van der Waals surface area contributed by atoms with Gasteiger partial charge in [-0.25, -0.2) is 0 Å². The Morgan fingerprint density at radius 2 is 2.10 bits per heavy atom. The van der Waals surface area contributed by atoms with Gasteiger partial charge in [0.2, 0.25) is 0 Å². The van der Waals surface area contributed by atoms with Gasteiger partial charge in [-0.1, -0.05) is 24.6 Å². The van der Waals surface area contributed by atoms with Gasteiger partial charge >= 0.3 is 0 Å². The number of halogens is 1. The quantitative estimate of drug-likeness (QED) is 0.733. The number of rotatable bonds is 7. The molecule has 0 aliphatic rings. The lowest BCUT2D eigenvalue weighted by Crippen LogP contribution is -2.23. The molecule has 0 amide bonds. The third-order valence-electron chi connectivity index (χ3n) is 3.44. The van der Waals surface area contributed by atoms with Crippen LogP contribution in [0.2, 0.25) is 0 Å². The summed E-state index contributed by atoms with van der Waals surface area (Å²) in [4.78, 5) is 1.36. The van der Waals surface area contributed by atoms with Crippen LogP contribution in [0.15, 0.2) is 34.1 Å². The zero-order chi connectivity index (χ0) is 15.2. The molecule has 1 heterocycles. The zero-order valence-corrected chi connectivity index (χ0v) is 15.2. The van der Waals surface area contributed by atoms with E-state index in [0.717, 1.165) is 25.1 Å². The molecular weight excluding hydrogens is 346 g/mol. The third kappa shape index (κ3) is 4.56. The van der Waals surface area contributed by atoms with Gasteiger partial charge in [0, 0.05) is 10.9 Å². The minimum absolute atomic E-state index is 0.331. The highest BCUT2D eigenvalue weighted by Gasteiger charge is 2.16. The lowest BCUT2D eigenvalue weighted by Gasteiger charge is -2.19. The Morgan fingerprint density at radius 1 is 1.29 bits per heavy atom. The maximum atomic E-state index is 5.51. The van der Waals surface area contributed by atoms with Crippen molar-refractivity contribution < 1.29 is 4.74 Å². The number of hydrogen-bond acceptors (Lipinski definition) is 3. The van der Waals surface area contributed by atoms with Crippen molar-refractivity contribution >= 4 is 27.3 Å². The van der Waals surface area contributed by atoms with Crippen LogP contribution in [-0.2, 0) is 6.42 Å². The van der Waals surface area contributed by atoms with Gasteiger partial charge in [0.15, 0.2) is 0 Å². The Hall–Kier alpha value is -0.840. The lowest BCUT2D eigenvalue weighted by molar-refractivity contribution is 0.405. The lowest BCUT2D eigenvalue weighted by atomic mass is 10.0. The summed E-state index contributed by atoms with van der Waals surface area (Å²) in [6.07, 6.45) is 2.08. The molecule has 2 nitrogen and oxygen atoms in total. The van der Waals surface area contributed by atoms with Crippen LogP contribution in [-0.4, -0.2) is 13.7 Å². The Bertz CT molecular complexity index is 582. The molecule has 1 atom stereocenters. The Labute approximate surface area is 139 Å². The zero-order valence-electron chi connectivity index (χ0n) is 12.8. The van der Waals surface area contributed by atoms with E-state index < -0.39 is 0 Å². The first-order valence-electron chi connectivity index (χ1n) is 7.26. The van der Waals surface area contributed by atoms with Gasteiger partial charge in [-0.15, -0.1) is 11.3 Å². The second kappa shape index (κ2) is 7.97. The number of hydrogen-bond donors (Lipinski definition) is 1. The van der Waals surface area contributed by atoms with Crippen LogP contribution in [0.4, 0.5) is 0 Å². The van der Waals surface area contributed by atoms with E-state index in [1.165, 1.54) is 19.8 Å². The van der Waals surface area contributed by atoms with Crippen molar-refractivity contribution in [2.24, 2.45) is 0 Å². The molecule has 2 aromatic rings. The van der Waals surface area contributed by atoms with Crippen molar-refractivity contribution in [1.82, 2.24) is 5.32 Å². The summed E-state index contributed by atoms with van der Waals surface area (Å²) in [6.45, 7) is 5.34. The van der Waals surface area contributed by atoms with Crippen molar-refractivity contribution in [3.8, 4) is 5.75 Å². The van der Waals surface area contributed by atoms with Crippen molar-refractivity contribution in [3.05, 3.63) is 50.1 Å². The number of aryl methyl sites for hydroxylation is 1. The first-order chi connectivity index (χ1) is 10.1. The van der Waals surface area contributed by atoms with Crippen LogP contribution in [0.3, 0.4) is 0 Å². The highest BCUT2D eigenvalue weighted by molar-refractivity contribution is 9.11. The van der Waals surface area contributed by atoms with Gasteiger partial charge in [0.05, 0.1) is 10.9 Å². The fourth-order valence-electron chi connectivity index (χ4n) is 2.39. The summed E-state index contributed by atoms with van der Waals surface area (Å²) in [5.41, 5.74) is 2.53. The summed E-state index contributed by atoms with van der Waals surface area (Å²) in [5.74, 6) is 0.972. The molecule has 1 aromatic heterocycles. The van der Waals surface area contributed by atoms with E-state index in [1.807, 2.05) is 0 Å². The van der Waals surface area contributed by atoms with E-state index in [1.54, 1.807) is 18.4 Å². The Morgan fingerprint density at radius 3 is 2.71 bits per heavy atom. The van der Waals surface area contributed by atoms with Crippen molar-refractivity contribution in [2.45, 2.75) is 32.7 Å². The first-order valence-corrected chi connectivity index (χ1v) is 8.87. The average Bonchev–Trinajstić information content (AvgIpc) is 2.90. The molecule has 114 valence electrons. The van der Waals surface area contributed by atoms with Gasteiger partial charge in [-0.2, -0.15) is 0 Å². The second-order valence-electron chi connectivity index (χ2n) is 5.17. The van der Waals surface area contributed by atoms with Crippen LogP contribution in [0.5, 0.6) is 5.75 Å². The number of thiophene rings is 1. The predicted octanol–water partition coefficient (Wildman–Crippen LogP) is 5.11. The van der Waals surface area contributed by atoms with Gasteiger partial charge in [0.1, 0.15) is 5.75 Å². The van der Waals surface area contributed by atoms with E-state index in [9.17, 15) is 0 Å². The molecule has 2 rings (SSSR count). The fourth-order valence-corrected chi connectivity index (χ4v) is 3.89. The fraction of sp³-hybridized carbons (Fsp3) is 0.412. The molecule has 0 bridgehead atoms. The third-order valence-corrected chi connectivity index (χ3v) is 5.18. The Kier molecular flexibility index (Phi) is 6.27. The summed E-state index contributed by atoms with van der Waals surface area (Å²) >= 11 is 5.36. The summed E-state index contributed by atoms with van der Waals surface area (Å²) in [6, 6.07) is 11.0. The average molecular weight is 368 g/mol. The largest absolute Gasteiger partial charge is 0.496 e. The van der Waals surface area contributed by atoms with Gasteiger partial charge in [-0.3, -0.25) is 0 Å². The minimum Gasteiger partial charge on any atom is -0.496 e. The van der Waals surface area contributed by atoms with Crippen molar-refractivity contribution in [3.63, 3.8) is 0 Å². The minimum atomic E-state index is 0.331. The van der Waals surface area contributed by atoms with Crippen LogP contribution in [0.1, 0.15) is 35.4 Å². The maximum Gasteiger partial charge on any atom is 0.122 e. The SMILES string of the molecule is CCCNC(Cc1cc(C)ccc1OC)c1ccc(Br)s1. The van der Waals surface area contributed by atoms with Crippen molar-refractivity contribution in [1.29, 1.82) is 0 Å². The molecule has 4 heteroatoms. The molecule has 1 aromatic carbocycles. The molecule has 0 saturated heterocycles. The van der Waals surface area contributed by atoms with Crippen LogP contribution >= 0.6 is 27.3 Å². The van der Waals surface area contributed by atoms with E-state index in [0.29, 0.717) is 6.04 Å². The van der Waals surface area contributed by atoms with Crippen LogP contribution < -0.4 is 10.1 Å². The predicted molar refractivity (Wildman–Crippen MR) is 94.5 cm³/mol. The number of nitrogens with one attached hydrogen (secondary N) is 1. The van der Waals surface area contributed by atoms with Crippen molar-refractivity contribution in [2.75, 3.05) is 13.7 Å². The standard InChI is InChI=1S/C17H22BrNOS/c1-4-9-19-14(16-7-8-17(18)21-16)11-13-10-12(2)5-6-15(13)20-3/h5-8,10,14,19H,4,9,11H2,1-3H3. The van der Waals surface area contributed by atoms with Crippen LogP contribution in [0.25, 0.3) is 0 Å². The van der Waals surface area contributed by atoms with Gasteiger partial charge in [-0.05, 0) is 66.0 Å². The first kappa shape index (κ1) is 16.5. The molecule has 0 radical (unpaired) electrons. The molecular formula is C17H22BrNOS. The maximum absolute atomic E-state index is 5.51. The van der Waals surface area contributed by atoms with E-state index in [2.05, 4.69) is 65.4 Å². The van der Waals surface area contributed by atoms with Gasteiger partial charge < -0.3 is 10.1 Å². The molecule has 0 aliphatic heterocycles. The van der Waals surface area contributed by atoms with E-state index in [4.69, 9.17) is 4.74 Å². The highest BCUT2D eigenvalue weighted by Crippen LogP contribution is 2.31. The summed E-state index contributed by atoms with van der Waals surface area (Å²) < 4.78 is 6.69. The van der Waals surface area contributed by atoms with Crippen LogP contribution in [0, 0.1) is 6.92 Å². The number of methoxy groups -OCH3 is 1. The topological polar surface area (TPSA) is 21.3 Å². The van der Waals surface area contributed by atoms with E-state index in [-0.39, 0.29) is 0 Å². The highest BCUT2D eigenvalue weighted by atomic mass is 79.9. The monoisotopic (exact) mass is 367 g/mol. The molecule has 1 N–H and O–H groups in total. The molecule has 0 fully saturated rings. The number of benzene rings is 1. The second-order valence-corrected chi connectivity index (χ2v) is 7.66. The summed E-state index contributed by atoms with van der Waals surface area (Å²) in [5, 5.41) is 3.65. The number of ether oxygens (including phenoxy) is 1.